The van der Waals surface area contributed by atoms with Gasteiger partial charge in [0.05, 0.1) is 0 Å². The van der Waals surface area contributed by atoms with Crippen molar-refractivity contribution in [2.45, 2.75) is 13.3 Å². The Hall–Kier alpha value is -4.25. The van der Waals surface area contributed by atoms with Gasteiger partial charge in [0, 0.05) is 16.3 Å². The summed E-state index contributed by atoms with van der Waals surface area (Å²) in [4.78, 5) is 36.2. The number of furan rings is 1. The molecule has 0 aliphatic carbocycles. The molecule has 0 saturated heterocycles. The van der Waals surface area contributed by atoms with Gasteiger partial charge < -0.3 is 8.83 Å². The lowest BCUT2D eigenvalue weighted by Crippen LogP contribution is -2.11. The summed E-state index contributed by atoms with van der Waals surface area (Å²) < 4.78 is 11.0. The van der Waals surface area contributed by atoms with Gasteiger partial charge in [-0.15, -0.1) is 0 Å². The number of rotatable bonds is 5. The summed E-state index contributed by atoms with van der Waals surface area (Å²) in [6, 6.07) is 23.7. The third kappa shape index (κ3) is 3.65. The zero-order valence-corrected chi connectivity index (χ0v) is 17.3. The predicted molar refractivity (Wildman–Crippen MR) is 121 cm³/mol. The van der Waals surface area contributed by atoms with Gasteiger partial charge in [0.15, 0.2) is 11.5 Å². The molecule has 0 radical (unpaired) electrons. The van der Waals surface area contributed by atoms with Crippen molar-refractivity contribution in [3.63, 3.8) is 0 Å². The van der Waals surface area contributed by atoms with Crippen molar-refractivity contribution < 1.29 is 18.4 Å². The van der Waals surface area contributed by atoms with Crippen molar-refractivity contribution >= 4 is 33.5 Å². The highest BCUT2D eigenvalue weighted by atomic mass is 16.4. The van der Waals surface area contributed by atoms with Gasteiger partial charge in [0.1, 0.15) is 16.7 Å². The van der Waals surface area contributed by atoms with Crippen LogP contribution in [-0.4, -0.2) is 11.6 Å². The third-order valence-electron chi connectivity index (χ3n) is 5.42. The molecule has 0 fully saturated rings. The van der Waals surface area contributed by atoms with Crippen LogP contribution in [0.3, 0.4) is 0 Å². The maximum absolute atomic E-state index is 12.7. The molecule has 0 saturated carbocycles. The van der Waals surface area contributed by atoms with Crippen molar-refractivity contribution in [3.05, 3.63) is 117 Å². The van der Waals surface area contributed by atoms with Gasteiger partial charge in [-0.3, -0.25) is 9.59 Å². The van der Waals surface area contributed by atoms with Crippen LogP contribution in [0.25, 0.3) is 21.9 Å². The molecule has 32 heavy (non-hydrogen) atoms. The number of carbonyl (C=O) groups excluding carboxylic acids is 2. The Bertz CT molecular complexity index is 1550. The second-order valence-electron chi connectivity index (χ2n) is 7.73. The maximum Gasteiger partial charge on any atom is 0.347 e. The van der Waals surface area contributed by atoms with Gasteiger partial charge in [-0.05, 0) is 60.9 Å². The van der Waals surface area contributed by atoms with E-state index in [4.69, 9.17) is 8.83 Å². The maximum atomic E-state index is 12.7. The van der Waals surface area contributed by atoms with Gasteiger partial charge >= 0.3 is 5.63 Å². The van der Waals surface area contributed by atoms with Crippen LogP contribution >= 0.6 is 0 Å². The molecular formula is C27H18O5. The Morgan fingerprint density at radius 2 is 1.38 bits per heavy atom. The normalized spacial score (nSPS) is 11.2. The van der Waals surface area contributed by atoms with Gasteiger partial charge in [0.25, 0.3) is 0 Å². The molecule has 156 valence electrons. The van der Waals surface area contributed by atoms with Crippen molar-refractivity contribution in [2.24, 2.45) is 0 Å². The molecular weight excluding hydrogens is 404 g/mol. The minimum Gasteiger partial charge on any atom is -0.453 e. The first-order chi connectivity index (χ1) is 15.5. The number of hydrogen-bond donors (Lipinski definition) is 0. The number of benzene rings is 3. The summed E-state index contributed by atoms with van der Waals surface area (Å²) in [7, 11) is 0. The van der Waals surface area contributed by atoms with E-state index >= 15 is 0 Å². The van der Waals surface area contributed by atoms with Gasteiger partial charge in [-0.25, -0.2) is 4.79 Å². The number of hydrogen-bond acceptors (Lipinski definition) is 5. The fourth-order valence-electron chi connectivity index (χ4n) is 3.81. The van der Waals surface area contributed by atoms with Crippen LogP contribution in [0.1, 0.15) is 44.5 Å². The fraction of sp³-hybridized carbons (Fsp3) is 0.0741. The van der Waals surface area contributed by atoms with E-state index in [2.05, 4.69) is 0 Å². The molecule has 5 heteroatoms. The Balaban J connectivity index is 1.45. The highest BCUT2D eigenvalue weighted by Gasteiger charge is 2.15. The smallest absolute Gasteiger partial charge is 0.347 e. The van der Waals surface area contributed by atoms with Gasteiger partial charge in [-0.2, -0.15) is 0 Å². The predicted octanol–water partition coefficient (Wildman–Crippen LogP) is 5.56. The molecule has 0 spiro atoms. The fourth-order valence-corrected chi connectivity index (χ4v) is 3.81. The molecule has 5 rings (SSSR count). The van der Waals surface area contributed by atoms with Crippen LogP contribution < -0.4 is 5.63 Å². The molecule has 0 aliphatic heterocycles. The van der Waals surface area contributed by atoms with Crippen LogP contribution in [0, 0.1) is 0 Å². The van der Waals surface area contributed by atoms with Crippen molar-refractivity contribution in [3.8, 4) is 0 Å². The summed E-state index contributed by atoms with van der Waals surface area (Å²) in [6.45, 7) is 1.35. The average molecular weight is 422 g/mol. The average Bonchev–Trinajstić information content (AvgIpc) is 3.22. The zero-order valence-electron chi connectivity index (χ0n) is 17.3. The van der Waals surface area contributed by atoms with Crippen LogP contribution in [0.2, 0.25) is 0 Å². The first kappa shape index (κ1) is 19.7. The first-order valence-corrected chi connectivity index (χ1v) is 10.2. The molecule has 0 bridgehead atoms. The van der Waals surface area contributed by atoms with E-state index < -0.39 is 5.63 Å². The van der Waals surface area contributed by atoms with Crippen LogP contribution in [0.4, 0.5) is 0 Å². The third-order valence-corrected chi connectivity index (χ3v) is 5.42. The molecule has 3 aromatic carbocycles. The van der Waals surface area contributed by atoms with Gasteiger partial charge in [-0.1, -0.05) is 42.5 Å². The van der Waals surface area contributed by atoms with Crippen LogP contribution in [-0.2, 0) is 6.42 Å². The molecule has 5 nitrogen and oxygen atoms in total. The number of Topliss-reactive ketones (excluding diaryl/α,β-unsaturated/α-hetero) is 1. The standard InChI is InChI=1S/C27H18O5/c1-16(28)22-14-20-12-17(8-10-24(20)32-27(22)30)11-18-7-9-23-21(13-18)15-25(31-23)26(29)19-5-3-2-4-6-19/h2-10,12-15H,11H2,1H3. The Morgan fingerprint density at radius 1 is 0.750 bits per heavy atom. The molecule has 0 unspecified atom stereocenters. The molecule has 5 aromatic rings. The van der Waals surface area contributed by atoms with Crippen LogP contribution in [0.15, 0.2) is 92.5 Å². The molecule has 2 aromatic heterocycles. The Morgan fingerprint density at radius 3 is 2.03 bits per heavy atom. The molecule has 2 heterocycles. The highest BCUT2D eigenvalue weighted by molar-refractivity contribution is 6.09. The minimum absolute atomic E-state index is 0.0464. The lowest BCUT2D eigenvalue weighted by Gasteiger charge is -2.05. The van der Waals surface area contributed by atoms with Gasteiger partial charge in [0.2, 0.25) is 5.78 Å². The lowest BCUT2D eigenvalue weighted by molar-refractivity contribution is 0.100. The second-order valence-corrected chi connectivity index (χ2v) is 7.73. The SMILES string of the molecule is CC(=O)c1cc2cc(Cc3ccc4oc(C(=O)c5ccccc5)cc4c3)ccc2oc1=O. The summed E-state index contributed by atoms with van der Waals surface area (Å²) in [5.74, 6) is -0.168. The van der Waals surface area contributed by atoms with E-state index in [0.717, 1.165) is 16.5 Å². The Labute approximate surface area is 182 Å². The largest absolute Gasteiger partial charge is 0.453 e. The molecule has 0 amide bonds. The van der Waals surface area contributed by atoms with E-state index in [-0.39, 0.29) is 17.1 Å². The van der Waals surface area contributed by atoms with E-state index in [1.807, 2.05) is 48.5 Å². The summed E-state index contributed by atoms with van der Waals surface area (Å²) in [6.07, 6.45) is 0.632. The molecule has 0 atom stereocenters. The highest BCUT2D eigenvalue weighted by Crippen LogP contribution is 2.25. The van der Waals surface area contributed by atoms with E-state index in [9.17, 15) is 14.4 Å². The Kier molecular flexibility index (Phi) is 4.79. The van der Waals surface area contributed by atoms with Crippen molar-refractivity contribution in [1.82, 2.24) is 0 Å². The quantitative estimate of drug-likeness (QED) is 0.274. The summed E-state index contributed by atoms with van der Waals surface area (Å²) in [5, 5.41) is 1.56. The number of ketones is 2. The summed E-state index contributed by atoms with van der Waals surface area (Å²) in [5.41, 5.74) is 3.15. The van der Waals surface area contributed by atoms with Crippen LogP contribution in [0.5, 0.6) is 0 Å². The first-order valence-electron chi connectivity index (χ1n) is 10.2. The van der Waals surface area contributed by atoms with Crippen molar-refractivity contribution in [1.29, 1.82) is 0 Å². The monoisotopic (exact) mass is 422 g/mol. The second kappa shape index (κ2) is 7.78. The van der Waals surface area contributed by atoms with E-state index in [1.165, 1.54) is 6.92 Å². The van der Waals surface area contributed by atoms with E-state index in [0.29, 0.717) is 34.3 Å². The van der Waals surface area contributed by atoms with Crippen molar-refractivity contribution in [2.75, 3.05) is 0 Å². The van der Waals surface area contributed by atoms with E-state index in [1.54, 1.807) is 30.3 Å². The molecule has 0 N–H and O–H groups in total. The number of fused-ring (bicyclic) bond motifs is 2. The molecule has 0 aliphatic rings. The topological polar surface area (TPSA) is 77.5 Å². The summed E-state index contributed by atoms with van der Waals surface area (Å²) >= 11 is 0. The lowest BCUT2D eigenvalue weighted by atomic mass is 10.0. The minimum atomic E-state index is -0.621. The zero-order chi connectivity index (χ0) is 22.2. The number of carbonyl (C=O) groups is 2.